The molecule has 0 aromatic rings. The van der Waals surface area contributed by atoms with Gasteiger partial charge in [0.05, 0.1) is 0 Å². The maximum absolute atomic E-state index is 10.6. The third-order valence-electron chi connectivity index (χ3n) is 4.49. The zero-order valence-corrected chi connectivity index (χ0v) is 9.60. The maximum atomic E-state index is 10.6. The number of allylic oxidation sites excluding steroid dienone is 2. The van der Waals surface area contributed by atoms with Gasteiger partial charge in [-0.1, -0.05) is 37.1 Å². The van der Waals surface area contributed by atoms with Crippen molar-refractivity contribution in [3.63, 3.8) is 0 Å². The first kappa shape index (κ1) is 10.4. The first-order valence-corrected chi connectivity index (χ1v) is 6.46. The molecule has 2 bridgehead atoms. The lowest BCUT2D eigenvalue weighted by Gasteiger charge is -2.63. The van der Waals surface area contributed by atoms with E-state index < -0.39 is 11.1 Å². The topological polar surface area (TPSA) is 40.1 Å². The van der Waals surface area contributed by atoms with Gasteiger partial charge in [-0.2, -0.15) is 0 Å². The van der Waals surface area contributed by atoms with Gasteiger partial charge in [-0.15, -0.1) is 0 Å². The molecule has 0 aliphatic heterocycles. The van der Waals surface area contributed by atoms with E-state index in [1.807, 2.05) is 0 Å². The van der Waals surface area contributed by atoms with Crippen LogP contribution in [0.4, 0.5) is 0 Å². The second-order valence-corrected chi connectivity index (χ2v) is 6.19. The molecule has 0 spiro atoms. The van der Waals surface area contributed by atoms with Crippen LogP contribution in [0.5, 0.6) is 0 Å². The Labute approximate surface area is 88.1 Å². The molecule has 0 saturated heterocycles. The number of hydrogen-bond donors (Lipinski definition) is 0. The Morgan fingerprint density at radius 2 is 2.29 bits per heavy atom. The van der Waals surface area contributed by atoms with E-state index in [-0.39, 0.29) is 5.41 Å². The molecule has 3 rings (SSSR count). The Kier molecular flexibility index (Phi) is 2.35. The predicted molar refractivity (Wildman–Crippen MR) is 56.5 cm³/mol. The average molecular weight is 213 g/mol. The SMILES string of the molecule is CC1(C)C2CC=CC1(CCS(=O)[O-])C2. The van der Waals surface area contributed by atoms with Crippen LogP contribution in [0.1, 0.15) is 33.1 Å². The van der Waals surface area contributed by atoms with Crippen LogP contribution in [0.2, 0.25) is 0 Å². The first-order valence-electron chi connectivity index (χ1n) is 5.21. The van der Waals surface area contributed by atoms with Crippen LogP contribution >= 0.6 is 0 Å². The van der Waals surface area contributed by atoms with Crippen molar-refractivity contribution in [2.75, 3.05) is 5.75 Å². The van der Waals surface area contributed by atoms with Crippen molar-refractivity contribution in [1.29, 1.82) is 0 Å². The highest BCUT2D eigenvalue weighted by Gasteiger charge is 2.58. The highest BCUT2D eigenvalue weighted by Crippen LogP contribution is 2.66. The van der Waals surface area contributed by atoms with Crippen molar-refractivity contribution in [1.82, 2.24) is 0 Å². The van der Waals surface area contributed by atoms with Gasteiger partial charge in [0.15, 0.2) is 0 Å². The molecule has 2 nitrogen and oxygen atoms in total. The normalized spacial score (nSPS) is 40.4. The quantitative estimate of drug-likeness (QED) is 0.533. The van der Waals surface area contributed by atoms with Crippen molar-refractivity contribution < 1.29 is 8.76 Å². The van der Waals surface area contributed by atoms with E-state index in [9.17, 15) is 8.76 Å². The standard InChI is InChI=1S/C11H18O2S/c1-10(2)9-4-3-5-11(10,8-9)6-7-14(12)13/h3,5,9H,4,6-8H2,1-2H3,(H,12,13)/p-1. The monoisotopic (exact) mass is 213 g/mol. The third kappa shape index (κ3) is 1.29. The minimum absolute atomic E-state index is 0.177. The summed E-state index contributed by atoms with van der Waals surface area (Å²) in [6.45, 7) is 4.55. The van der Waals surface area contributed by atoms with Crippen molar-refractivity contribution in [3.05, 3.63) is 12.2 Å². The van der Waals surface area contributed by atoms with Gasteiger partial charge in [0.2, 0.25) is 0 Å². The van der Waals surface area contributed by atoms with Gasteiger partial charge in [0.25, 0.3) is 0 Å². The van der Waals surface area contributed by atoms with E-state index in [0.717, 1.165) is 12.3 Å². The lowest BCUT2D eigenvalue weighted by atomic mass is 9.41. The highest BCUT2D eigenvalue weighted by molar-refractivity contribution is 7.79. The summed E-state index contributed by atoms with van der Waals surface area (Å²) in [4.78, 5) is 0. The summed E-state index contributed by atoms with van der Waals surface area (Å²) < 4.78 is 21.2. The highest BCUT2D eigenvalue weighted by atomic mass is 32.2. The van der Waals surface area contributed by atoms with E-state index in [1.165, 1.54) is 12.8 Å². The summed E-state index contributed by atoms with van der Waals surface area (Å²) in [6.07, 6.45) is 7.65. The molecule has 14 heavy (non-hydrogen) atoms. The molecule has 3 aliphatic carbocycles. The predicted octanol–water partition coefficient (Wildman–Crippen LogP) is 2.25. The van der Waals surface area contributed by atoms with Crippen molar-refractivity contribution in [2.24, 2.45) is 16.7 Å². The van der Waals surface area contributed by atoms with E-state index in [0.29, 0.717) is 11.2 Å². The molecule has 3 aliphatic rings. The molecule has 1 saturated carbocycles. The summed E-state index contributed by atoms with van der Waals surface area (Å²) >= 11 is -1.89. The summed E-state index contributed by atoms with van der Waals surface area (Å²) in [5.74, 6) is 1.08. The van der Waals surface area contributed by atoms with Crippen LogP contribution in [0.3, 0.4) is 0 Å². The maximum Gasteiger partial charge on any atom is 0.0110 e. The van der Waals surface area contributed by atoms with Gasteiger partial charge < -0.3 is 4.55 Å². The molecule has 80 valence electrons. The number of rotatable bonds is 3. The second-order valence-electron chi connectivity index (χ2n) is 5.17. The molecule has 0 aromatic carbocycles. The van der Waals surface area contributed by atoms with E-state index in [2.05, 4.69) is 26.0 Å². The Morgan fingerprint density at radius 3 is 2.79 bits per heavy atom. The molecule has 0 heterocycles. The van der Waals surface area contributed by atoms with Crippen molar-refractivity contribution in [2.45, 2.75) is 33.1 Å². The first-order chi connectivity index (χ1) is 6.48. The second kappa shape index (κ2) is 3.17. The minimum Gasteiger partial charge on any atom is -0.772 e. The van der Waals surface area contributed by atoms with Crippen molar-refractivity contribution in [3.8, 4) is 0 Å². The lowest BCUT2D eigenvalue weighted by molar-refractivity contribution is -0.0942. The zero-order chi connectivity index (χ0) is 10.4. The molecular formula is C11H17O2S-. The van der Waals surface area contributed by atoms with Gasteiger partial charge in [-0.25, -0.2) is 0 Å². The third-order valence-corrected chi connectivity index (χ3v) is 5.02. The van der Waals surface area contributed by atoms with Crippen LogP contribution in [-0.2, 0) is 11.1 Å². The Bertz CT molecular complexity index is 296. The molecule has 3 heteroatoms. The minimum atomic E-state index is -1.89. The summed E-state index contributed by atoms with van der Waals surface area (Å²) in [5.41, 5.74) is 0.483. The molecular weight excluding hydrogens is 196 g/mol. The van der Waals surface area contributed by atoms with Gasteiger partial charge in [-0.3, -0.25) is 4.21 Å². The summed E-state index contributed by atoms with van der Waals surface area (Å²) in [6, 6.07) is 0. The van der Waals surface area contributed by atoms with Gasteiger partial charge >= 0.3 is 0 Å². The molecule has 3 atom stereocenters. The van der Waals surface area contributed by atoms with Crippen LogP contribution in [0.15, 0.2) is 12.2 Å². The fourth-order valence-corrected chi connectivity index (χ4v) is 3.66. The lowest BCUT2D eigenvalue weighted by Crippen LogP contribution is -2.56. The molecule has 3 unspecified atom stereocenters. The Hall–Kier alpha value is -0.150. The van der Waals surface area contributed by atoms with E-state index in [1.54, 1.807) is 0 Å². The van der Waals surface area contributed by atoms with E-state index in [4.69, 9.17) is 0 Å². The molecule has 0 aromatic heterocycles. The van der Waals surface area contributed by atoms with E-state index >= 15 is 0 Å². The van der Waals surface area contributed by atoms with Crippen LogP contribution in [-0.4, -0.2) is 14.5 Å². The fraction of sp³-hybridized carbons (Fsp3) is 0.818. The van der Waals surface area contributed by atoms with Gasteiger partial charge in [0, 0.05) is 5.75 Å². The summed E-state index contributed by atoms with van der Waals surface area (Å²) in [5, 5.41) is 0. The van der Waals surface area contributed by atoms with Crippen LogP contribution < -0.4 is 0 Å². The smallest absolute Gasteiger partial charge is 0.0110 e. The average Bonchev–Trinajstić information content (AvgIpc) is 2.15. The number of hydrogen-bond acceptors (Lipinski definition) is 2. The van der Waals surface area contributed by atoms with Crippen LogP contribution in [0.25, 0.3) is 0 Å². The van der Waals surface area contributed by atoms with Gasteiger partial charge in [0.1, 0.15) is 0 Å². The largest absolute Gasteiger partial charge is 0.772 e. The molecule has 0 amide bonds. The Morgan fingerprint density at radius 1 is 1.57 bits per heavy atom. The molecule has 0 N–H and O–H groups in total. The molecule has 0 radical (unpaired) electrons. The van der Waals surface area contributed by atoms with Crippen molar-refractivity contribution >= 4 is 11.1 Å². The Balaban J connectivity index is 2.11. The zero-order valence-electron chi connectivity index (χ0n) is 8.79. The fourth-order valence-electron chi connectivity index (χ4n) is 3.13. The summed E-state index contributed by atoms with van der Waals surface area (Å²) in [7, 11) is 0. The van der Waals surface area contributed by atoms with Crippen LogP contribution in [0, 0.1) is 16.7 Å². The number of fused-ring (bicyclic) bond motifs is 1. The van der Waals surface area contributed by atoms with Gasteiger partial charge in [-0.05, 0) is 36.0 Å². The molecule has 1 fully saturated rings.